The smallest absolute Gasteiger partial charge is 0.0593 e. The van der Waals surface area contributed by atoms with E-state index >= 15 is 0 Å². The van der Waals surface area contributed by atoms with Gasteiger partial charge in [0.25, 0.3) is 0 Å². The van der Waals surface area contributed by atoms with Crippen molar-refractivity contribution in [2.45, 2.75) is 39.7 Å². The number of piperidine rings is 1. The average molecular weight is 229 g/mol. The average Bonchev–Trinajstić information content (AvgIpc) is 2.25. The first kappa shape index (κ1) is 13.9. The Morgan fingerprint density at radius 3 is 2.38 bits per heavy atom. The van der Waals surface area contributed by atoms with Gasteiger partial charge in [-0.05, 0) is 44.7 Å². The summed E-state index contributed by atoms with van der Waals surface area (Å²) in [6.07, 6.45) is 2.11. The van der Waals surface area contributed by atoms with E-state index < -0.39 is 0 Å². The molecule has 0 spiro atoms. The fraction of sp³-hybridized carbons (Fsp3) is 1.00. The Balaban J connectivity index is 2.04. The van der Waals surface area contributed by atoms with Gasteiger partial charge < -0.3 is 14.7 Å². The van der Waals surface area contributed by atoms with Crippen molar-refractivity contribution >= 4 is 0 Å². The molecule has 0 bridgehead atoms. The van der Waals surface area contributed by atoms with Crippen LogP contribution in [0.15, 0.2) is 0 Å². The van der Waals surface area contributed by atoms with Crippen LogP contribution >= 0.6 is 0 Å². The lowest BCUT2D eigenvalue weighted by atomic mass is 9.92. The van der Waals surface area contributed by atoms with Crippen molar-refractivity contribution in [2.75, 3.05) is 32.8 Å². The first-order valence-corrected chi connectivity index (χ1v) is 6.57. The molecule has 0 radical (unpaired) electrons. The van der Waals surface area contributed by atoms with Gasteiger partial charge in [-0.25, -0.2) is 0 Å². The second kappa shape index (κ2) is 7.25. The fourth-order valence-corrected chi connectivity index (χ4v) is 2.17. The molecular weight excluding hydrogens is 202 g/mol. The number of rotatable bonds is 6. The van der Waals surface area contributed by atoms with Crippen molar-refractivity contribution in [3.8, 4) is 0 Å². The molecule has 1 aliphatic heterocycles. The number of likely N-dealkylation sites (tertiary alicyclic amines) is 1. The van der Waals surface area contributed by atoms with E-state index in [1.54, 1.807) is 0 Å². The third kappa shape index (κ3) is 5.28. The maximum absolute atomic E-state index is 9.50. The van der Waals surface area contributed by atoms with Crippen molar-refractivity contribution in [1.29, 1.82) is 0 Å². The molecule has 1 saturated heterocycles. The van der Waals surface area contributed by atoms with E-state index in [1.165, 1.54) is 0 Å². The van der Waals surface area contributed by atoms with Crippen LogP contribution in [0.2, 0.25) is 0 Å². The van der Waals surface area contributed by atoms with Gasteiger partial charge in [0.2, 0.25) is 0 Å². The Kier molecular flexibility index (Phi) is 6.32. The zero-order valence-corrected chi connectivity index (χ0v) is 11.0. The predicted octanol–water partition coefficient (Wildman–Crippen LogP) is 1.75. The zero-order chi connectivity index (χ0) is 12.0. The summed E-state index contributed by atoms with van der Waals surface area (Å²) >= 11 is 0. The van der Waals surface area contributed by atoms with Gasteiger partial charge in [0.05, 0.1) is 12.7 Å². The van der Waals surface area contributed by atoms with Gasteiger partial charge in [-0.2, -0.15) is 0 Å². The molecule has 3 nitrogen and oxygen atoms in total. The normalized spacial score (nSPS) is 21.6. The van der Waals surface area contributed by atoms with Crippen LogP contribution in [0.5, 0.6) is 0 Å². The Hall–Kier alpha value is -0.120. The van der Waals surface area contributed by atoms with Crippen LogP contribution in [0.25, 0.3) is 0 Å². The van der Waals surface area contributed by atoms with Crippen LogP contribution in [0.3, 0.4) is 0 Å². The minimum Gasteiger partial charge on any atom is -0.393 e. The monoisotopic (exact) mass is 229 g/mol. The van der Waals surface area contributed by atoms with Crippen LogP contribution < -0.4 is 0 Å². The standard InChI is InChI=1S/C13H27NO2/c1-11(2)10-16-9-8-14-6-4-13(5-7-14)12(3)15/h11-13,15H,4-10H2,1-3H3. The molecule has 1 aliphatic rings. The van der Waals surface area contributed by atoms with E-state index in [0.29, 0.717) is 11.8 Å². The van der Waals surface area contributed by atoms with E-state index in [0.717, 1.165) is 45.7 Å². The number of hydrogen-bond acceptors (Lipinski definition) is 3. The van der Waals surface area contributed by atoms with Gasteiger partial charge in [-0.1, -0.05) is 13.8 Å². The molecule has 16 heavy (non-hydrogen) atoms. The Labute approximate surface area is 99.8 Å². The summed E-state index contributed by atoms with van der Waals surface area (Å²) in [5.74, 6) is 1.13. The van der Waals surface area contributed by atoms with E-state index in [4.69, 9.17) is 4.74 Å². The Bertz CT molecular complexity index is 175. The van der Waals surface area contributed by atoms with E-state index in [2.05, 4.69) is 18.7 Å². The van der Waals surface area contributed by atoms with Crippen molar-refractivity contribution in [2.24, 2.45) is 11.8 Å². The molecule has 1 heterocycles. The molecule has 0 aromatic heterocycles. The van der Waals surface area contributed by atoms with E-state index in [1.807, 2.05) is 6.92 Å². The number of hydrogen-bond donors (Lipinski definition) is 1. The van der Waals surface area contributed by atoms with Crippen LogP contribution in [0.1, 0.15) is 33.6 Å². The summed E-state index contributed by atoms with van der Waals surface area (Å²) in [6.45, 7) is 11.2. The molecule has 1 unspecified atom stereocenters. The minimum absolute atomic E-state index is 0.139. The fourth-order valence-electron chi connectivity index (χ4n) is 2.17. The summed E-state index contributed by atoms with van der Waals surface area (Å²) < 4.78 is 5.58. The predicted molar refractivity (Wildman–Crippen MR) is 66.5 cm³/mol. The summed E-state index contributed by atoms with van der Waals surface area (Å²) in [5, 5.41) is 9.50. The topological polar surface area (TPSA) is 32.7 Å². The van der Waals surface area contributed by atoms with E-state index in [-0.39, 0.29) is 6.10 Å². The highest BCUT2D eigenvalue weighted by atomic mass is 16.5. The molecule has 0 aromatic carbocycles. The molecule has 1 atom stereocenters. The molecule has 1 rings (SSSR count). The van der Waals surface area contributed by atoms with Gasteiger partial charge in [0, 0.05) is 13.2 Å². The highest BCUT2D eigenvalue weighted by molar-refractivity contribution is 4.75. The lowest BCUT2D eigenvalue weighted by Gasteiger charge is -2.33. The van der Waals surface area contributed by atoms with Crippen molar-refractivity contribution in [3.63, 3.8) is 0 Å². The molecule has 96 valence electrons. The Morgan fingerprint density at radius 2 is 1.88 bits per heavy atom. The molecule has 0 aliphatic carbocycles. The van der Waals surface area contributed by atoms with Crippen LogP contribution in [0, 0.1) is 11.8 Å². The molecule has 3 heteroatoms. The summed E-state index contributed by atoms with van der Waals surface area (Å²) in [6, 6.07) is 0. The second-order valence-corrected chi connectivity index (χ2v) is 5.39. The third-order valence-corrected chi connectivity index (χ3v) is 3.32. The number of nitrogens with zero attached hydrogens (tertiary/aromatic N) is 1. The van der Waals surface area contributed by atoms with Gasteiger partial charge in [0.15, 0.2) is 0 Å². The molecule has 0 saturated carbocycles. The lowest BCUT2D eigenvalue weighted by Crippen LogP contribution is -2.38. The molecule has 0 aromatic rings. The summed E-state index contributed by atoms with van der Waals surface area (Å²) in [7, 11) is 0. The second-order valence-electron chi connectivity index (χ2n) is 5.39. The minimum atomic E-state index is -0.139. The van der Waals surface area contributed by atoms with Crippen molar-refractivity contribution < 1.29 is 9.84 Å². The maximum Gasteiger partial charge on any atom is 0.0593 e. The third-order valence-electron chi connectivity index (χ3n) is 3.32. The van der Waals surface area contributed by atoms with Crippen LogP contribution in [-0.2, 0) is 4.74 Å². The number of ether oxygens (including phenoxy) is 1. The quantitative estimate of drug-likeness (QED) is 0.704. The number of aliphatic hydroxyl groups is 1. The van der Waals surface area contributed by atoms with Crippen LogP contribution in [0.4, 0.5) is 0 Å². The molecule has 1 fully saturated rings. The lowest BCUT2D eigenvalue weighted by molar-refractivity contribution is 0.0475. The highest BCUT2D eigenvalue weighted by Gasteiger charge is 2.22. The first-order chi connectivity index (χ1) is 7.59. The summed E-state index contributed by atoms with van der Waals surface area (Å²) in [4.78, 5) is 2.44. The van der Waals surface area contributed by atoms with Gasteiger partial charge in [-0.15, -0.1) is 0 Å². The van der Waals surface area contributed by atoms with Crippen molar-refractivity contribution in [3.05, 3.63) is 0 Å². The largest absolute Gasteiger partial charge is 0.393 e. The number of aliphatic hydroxyl groups excluding tert-OH is 1. The van der Waals surface area contributed by atoms with Gasteiger partial charge in [-0.3, -0.25) is 0 Å². The molecule has 0 amide bonds. The van der Waals surface area contributed by atoms with Crippen molar-refractivity contribution in [1.82, 2.24) is 4.90 Å². The van der Waals surface area contributed by atoms with Crippen LogP contribution in [-0.4, -0.2) is 49.0 Å². The first-order valence-electron chi connectivity index (χ1n) is 6.57. The van der Waals surface area contributed by atoms with Gasteiger partial charge >= 0.3 is 0 Å². The molecular formula is C13H27NO2. The maximum atomic E-state index is 9.50. The SMILES string of the molecule is CC(C)COCCN1CCC(C(C)O)CC1. The molecule has 1 N–H and O–H groups in total. The van der Waals surface area contributed by atoms with Gasteiger partial charge in [0.1, 0.15) is 0 Å². The Morgan fingerprint density at radius 1 is 1.25 bits per heavy atom. The zero-order valence-electron chi connectivity index (χ0n) is 11.0. The van der Waals surface area contributed by atoms with E-state index in [9.17, 15) is 5.11 Å². The summed E-state index contributed by atoms with van der Waals surface area (Å²) in [5.41, 5.74) is 0. The highest BCUT2D eigenvalue weighted by Crippen LogP contribution is 2.20.